The number of aromatic nitrogens is 2. The Balaban J connectivity index is 2.28. The molecule has 2 atom stereocenters. The first-order valence-corrected chi connectivity index (χ1v) is 5.96. The van der Waals surface area contributed by atoms with Gasteiger partial charge in [0.05, 0.1) is 6.20 Å². The van der Waals surface area contributed by atoms with Crippen molar-refractivity contribution in [3.63, 3.8) is 0 Å². The molecule has 0 saturated carbocycles. The third-order valence-corrected chi connectivity index (χ3v) is 3.43. The van der Waals surface area contributed by atoms with E-state index in [4.69, 9.17) is 22.6 Å². The molecule has 0 amide bonds. The number of halogens is 1. The first kappa shape index (κ1) is 12.1. The molecule has 0 unspecified atom stereocenters. The molecule has 1 aromatic heterocycles. The van der Waals surface area contributed by atoms with Crippen molar-refractivity contribution in [1.29, 1.82) is 5.26 Å². The molecule has 90 valence electrons. The van der Waals surface area contributed by atoms with Crippen LogP contribution in [0.2, 0.25) is 5.15 Å². The maximum absolute atomic E-state index is 8.74. The lowest BCUT2D eigenvalue weighted by Crippen LogP contribution is -2.50. The fourth-order valence-corrected chi connectivity index (χ4v) is 2.25. The molecule has 1 aliphatic heterocycles. The third kappa shape index (κ3) is 2.33. The van der Waals surface area contributed by atoms with Crippen LogP contribution in [0, 0.1) is 11.3 Å². The fraction of sp³-hybridized carbons (Fsp3) is 0.545. The molecule has 1 fully saturated rings. The molecule has 1 aromatic rings. The molecule has 0 aliphatic carbocycles. The second-order valence-corrected chi connectivity index (χ2v) is 4.58. The van der Waals surface area contributed by atoms with E-state index in [-0.39, 0.29) is 22.9 Å². The second-order valence-electron chi connectivity index (χ2n) is 4.22. The molecule has 2 rings (SSSR count). The summed E-state index contributed by atoms with van der Waals surface area (Å²) in [5.74, 6) is 0.691. The summed E-state index contributed by atoms with van der Waals surface area (Å²) >= 11 is 5.88. The van der Waals surface area contributed by atoms with Gasteiger partial charge in [-0.2, -0.15) is 5.26 Å². The predicted molar refractivity (Wildman–Crippen MR) is 65.8 cm³/mol. The topological polar surface area (TPSA) is 78.8 Å². The molecular formula is C11H14ClN5. The highest BCUT2D eigenvalue weighted by molar-refractivity contribution is 6.30. The van der Waals surface area contributed by atoms with Crippen molar-refractivity contribution < 1.29 is 0 Å². The van der Waals surface area contributed by atoms with Crippen molar-refractivity contribution in [3.8, 4) is 6.07 Å². The Hall–Kier alpha value is -1.38. The number of nitriles is 1. The zero-order valence-electron chi connectivity index (χ0n) is 9.60. The van der Waals surface area contributed by atoms with Crippen molar-refractivity contribution >= 4 is 17.4 Å². The standard InChI is InChI=1S/C11H14ClN5/c1-7-8(14)3-2-4-17(7)10-6-15-9(5-13)11(12)16-10/h6-8H,2-4,14H2,1H3/t7-,8-/m0/s1. The van der Waals surface area contributed by atoms with Crippen LogP contribution in [-0.4, -0.2) is 28.6 Å². The number of piperidine rings is 1. The highest BCUT2D eigenvalue weighted by Crippen LogP contribution is 2.23. The van der Waals surface area contributed by atoms with E-state index >= 15 is 0 Å². The van der Waals surface area contributed by atoms with Gasteiger partial charge in [-0.1, -0.05) is 11.6 Å². The van der Waals surface area contributed by atoms with E-state index in [1.807, 2.05) is 6.07 Å². The van der Waals surface area contributed by atoms with Gasteiger partial charge < -0.3 is 10.6 Å². The van der Waals surface area contributed by atoms with Crippen molar-refractivity contribution in [2.45, 2.75) is 31.8 Å². The molecule has 6 heteroatoms. The zero-order valence-corrected chi connectivity index (χ0v) is 10.4. The van der Waals surface area contributed by atoms with Crippen LogP contribution in [0.15, 0.2) is 6.20 Å². The monoisotopic (exact) mass is 251 g/mol. The van der Waals surface area contributed by atoms with Gasteiger partial charge in [-0.05, 0) is 19.8 Å². The highest BCUT2D eigenvalue weighted by atomic mass is 35.5. The van der Waals surface area contributed by atoms with E-state index in [9.17, 15) is 0 Å². The molecule has 1 aliphatic rings. The van der Waals surface area contributed by atoms with Crippen LogP contribution in [0.4, 0.5) is 5.82 Å². The minimum absolute atomic E-state index is 0.139. The highest BCUT2D eigenvalue weighted by Gasteiger charge is 2.26. The smallest absolute Gasteiger partial charge is 0.178 e. The normalized spacial score (nSPS) is 24.5. The quantitative estimate of drug-likeness (QED) is 0.814. The minimum atomic E-state index is 0.139. The molecule has 5 nitrogen and oxygen atoms in total. The van der Waals surface area contributed by atoms with Gasteiger partial charge in [0.15, 0.2) is 10.8 Å². The Morgan fingerprint density at radius 2 is 2.41 bits per heavy atom. The lowest BCUT2D eigenvalue weighted by Gasteiger charge is -2.38. The van der Waals surface area contributed by atoms with E-state index in [1.54, 1.807) is 6.20 Å². The lowest BCUT2D eigenvalue weighted by atomic mass is 9.98. The van der Waals surface area contributed by atoms with E-state index in [2.05, 4.69) is 21.8 Å². The molecule has 0 bridgehead atoms. The number of nitrogens with zero attached hydrogens (tertiary/aromatic N) is 4. The second kappa shape index (κ2) is 4.86. The average molecular weight is 252 g/mol. The molecule has 0 spiro atoms. The number of anilines is 1. The van der Waals surface area contributed by atoms with Crippen LogP contribution in [-0.2, 0) is 0 Å². The average Bonchev–Trinajstić information content (AvgIpc) is 2.32. The Morgan fingerprint density at radius 1 is 1.65 bits per heavy atom. The summed E-state index contributed by atoms with van der Waals surface area (Å²) in [5.41, 5.74) is 6.18. The van der Waals surface area contributed by atoms with Crippen molar-refractivity contribution in [3.05, 3.63) is 17.0 Å². The van der Waals surface area contributed by atoms with E-state index in [0.717, 1.165) is 19.4 Å². The van der Waals surface area contributed by atoms with Crippen molar-refractivity contribution in [2.24, 2.45) is 5.73 Å². The van der Waals surface area contributed by atoms with Crippen LogP contribution in [0.3, 0.4) is 0 Å². The Bertz CT molecular complexity index is 456. The molecule has 2 heterocycles. The summed E-state index contributed by atoms with van der Waals surface area (Å²) in [7, 11) is 0. The fourth-order valence-electron chi connectivity index (χ4n) is 2.07. The SMILES string of the molecule is C[C@H]1[C@@H](N)CCCN1c1cnc(C#N)c(Cl)n1. The third-order valence-electron chi connectivity index (χ3n) is 3.17. The van der Waals surface area contributed by atoms with Gasteiger partial charge in [0.2, 0.25) is 0 Å². The van der Waals surface area contributed by atoms with Gasteiger partial charge in [-0.25, -0.2) is 9.97 Å². The van der Waals surface area contributed by atoms with Gasteiger partial charge in [0.25, 0.3) is 0 Å². The van der Waals surface area contributed by atoms with Crippen LogP contribution >= 0.6 is 11.6 Å². The maximum Gasteiger partial charge on any atom is 0.178 e. The van der Waals surface area contributed by atoms with Crippen molar-refractivity contribution in [2.75, 3.05) is 11.4 Å². The number of hydrogen-bond acceptors (Lipinski definition) is 5. The Labute approximate surface area is 105 Å². The zero-order chi connectivity index (χ0) is 12.4. The molecule has 2 N–H and O–H groups in total. The maximum atomic E-state index is 8.74. The Morgan fingerprint density at radius 3 is 3.06 bits per heavy atom. The minimum Gasteiger partial charge on any atom is -0.351 e. The molecule has 0 aromatic carbocycles. The van der Waals surface area contributed by atoms with Crippen molar-refractivity contribution in [1.82, 2.24) is 9.97 Å². The van der Waals surface area contributed by atoms with Gasteiger partial charge in [-0.15, -0.1) is 0 Å². The molecule has 0 radical (unpaired) electrons. The number of nitrogens with two attached hydrogens (primary N) is 1. The molecule has 17 heavy (non-hydrogen) atoms. The van der Waals surface area contributed by atoms with E-state index in [1.165, 1.54) is 0 Å². The van der Waals surface area contributed by atoms with Gasteiger partial charge in [0, 0.05) is 18.6 Å². The van der Waals surface area contributed by atoms with Crippen LogP contribution in [0.25, 0.3) is 0 Å². The largest absolute Gasteiger partial charge is 0.351 e. The van der Waals surface area contributed by atoms with Crippen LogP contribution in [0.5, 0.6) is 0 Å². The number of hydrogen-bond donors (Lipinski definition) is 1. The summed E-state index contributed by atoms with van der Waals surface area (Å²) in [6, 6.07) is 2.25. The summed E-state index contributed by atoms with van der Waals surface area (Å²) in [5, 5.41) is 8.89. The van der Waals surface area contributed by atoms with E-state index in [0.29, 0.717) is 5.82 Å². The van der Waals surface area contributed by atoms with E-state index < -0.39 is 0 Å². The van der Waals surface area contributed by atoms with Gasteiger partial charge in [-0.3, -0.25) is 0 Å². The van der Waals surface area contributed by atoms with Crippen LogP contribution in [0.1, 0.15) is 25.5 Å². The number of rotatable bonds is 1. The van der Waals surface area contributed by atoms with Gasteiger partial charge >= 0.3 is 0 Å². The summed E-state index contributed by atoms with van der Waals surface area (Å²) in [4.78, 5) is 10.3. The molecular weight excluding hydrogens is 238 g/mol. The lowest BCUT2D eigenvalue weighted by molar-refractivity contribution is 0.418. The van der Waals surface area contributed by atoms with Gasteiger partial charge in [0.1, 0.15) is 11.9 Å². The van der Waals surface area contributed by atoms with Crippen LogP contribution < -0.4 is 10.6 Å². The summed E-state index contributed by atoms with van der Waals surface area (Å²) in [6.45, 7) is 2.96. The summed E-state index contributed by atoms with van der Waals surface area (Å²) in [6.07, 6.45) is 3.64. The Kier molecular flexibility index (Phi) is 3.46. The summed E-state index contributed by atoms with van der Waals surface area (Å²) < 4.78 is 0. The predicted octanol–water partition coefficient (Wildman–Crippen LogP) is 1.32. The first-order chi connectivity index (χ1) is 8.13. The molecule has 1 saturated heterocycles. The first-order valence-electron chi connectivity index (χ1n) is 5.58.